The third-order valence-electron chi connectivity index (χ3n) is 11.4. The van der Waals surface area contributed by atoms with Crippen molar-refractivity contribution in [2.45, 2.75) is 96.2 Å². The fourth-order valence-corrected chi connectivity index (χ4v) is 9.64. The summed E-state index contributed by atoms with van der Waals surface area (Å²) in [6, 6.07) is 13.7. The van der Waals surface area contributed by atoms with Crippen molar-refractivity contribution in [2.24, 2.45) is 11.3 Å². The molecule has 1 saturated carbocycles. The van der Waals surface area contributed by atoms with Crippen molar-refractivity contribution in [3.8, 4) is 22.2 Å². The second kappa shape index (κ2) is 16.6. The van der Waals surface area contributed by atoms with Crippen LogP contribution in [0.3, 0.4) is 0 Å². The number of carbonyl (C=O) groups excluding carboxylic acids is 3. The van der Waals surface area contributed by atoms with Crippen LogP contribution in [0.25, 0.3) is 21.6 Å². The third kappa shape index (κ3) is 8.86. The van der Waals surface area contributed by atoms with E-state index in [2.05, 4.69) is 23.9 Å². The maximum atomic E-state index is 14.8. The Labute approximate surface area is 338 Å². The van der Waals surface area contributed by atoms with Crippen LogP contribution in [0.15, 0.2) is 66.1 Å². The molecule has 5 atom stereocenters. The molecule has 302 valence electrons. The number of nitrogens with one attached hydrogen (secondary N) is 2. The Balaban J connectivity index is 1.26. The summed E-state index contributed by atoms with van der Waals surface area (Å²) in [4.78, 5) is 54.5. The smallest absolute Gasteiger partial charge is 0.245 e. The van der Waals surface area contributed by atoms with E-state index >= 15 is 0 Å². The molecule has 4 heterocycles. The van der Waals surface area contributed by atoms with Gasteiger partial charge in [0.25, 0.3) is 0 Å². The lowest BCUT2D eigenvalue weighted by Gasteiger charge is -2.30. The molecule has 2 aliphatic heterocycles. The fourth-order valence-electron chi connectivity index (χ4n) is 8.16. The van der Waals surface area contributed by atoms with Gasteiger partial charge in [-0.2, -0.15) is 0 Å². The molecule has 2 aromatic carbocycles. The number of carbonyl (C=O) groups is 3. The second-order valence-corrected chi connectivity index (χ2v) is 18.6. The van der Waals surface area contributed by atoms with Crippen LogP contribution in [0.1, 0.15) is 82.4 Å². The van der Waals surface area contributed by atoms with Crippen molar-refractivity contribution in [1.82, 2.24) is 19.6 Å². The highest BCUT2D eigenvalue weighted by Gasteiger charge is 2.61. The van der Waals surface area contributed by atoms with Crippen LogP contribution in [0, 0.1) is 18.3 Å². The van der Waals surface area contributed by atoms with Crippen molar-refractivity contribution < 1.29 is 32.3 Å². The minimum absolute atomic E-state index is 0.136. The predicted octanol–water partition coefficient (Wildman–Crippen LogP) is 7.19. The van der Waals surface area contributed by atoms with Crippen LogP contribution < -0.4 is 19.5 Å². The predicted molar refractivity (Wildman–Crippen MR) is 222 cm³/mol. The number of amides is 2. The number of allylic oxidation sites excluding steroid dienone is 2. The van der Waals surface area contributed by atoms with E-state index in [0.29, 0.717) is 35.6 Å². The zero-order valence-electron chi connectivity index (χ0n) is 33.1. The molecule has 2 N–H and O–H groups in total. The minimum atomic E-state index is -3.87. The Kier molecular flexibility index (Phi) is 11.7. The normalized spacial score (nSPS) is 24.9. The summed E-state index contributed by atoms with van der Waals surface area (Å²) >= 11 is 1.51. The zero-order valence-corrected chi connectivity index (χ0v) is 34.8. The molecule has 12 nitrogen and oxygen atoms in total. The van der Waals surface area contributed by atoms with Crippen LogP contribution in [0.4, 0.5) is 5.69 Å². The van der Waals surface area contributed by atoms with Crippen molar-refractivity contribution in [2.75, 3.05) is 25.2 Å². The summed E-state index contributed by atoms with van der Waals surface area (Å²) < 4.78 is 39.1. The first-order valence-electron chi connectivity index (χ1n) is 19.7. The number of rotatable bonds is 9. The van der Waals surface area contributed by atoms with Gasteiger partial charge in [-0.25, -0.2) is 18.4 Å². The Morgan fingerprint density at radius 1 is 1.05 bits per heavy atom. The highest BCUT2D eigenvalue weighted by atomic mass is 32.2. The van der Waals surface area contributed by atoms with Gasteiger partial charge in [0.1, 0.15) is 34.3 Å². The van der Waals surface area contributed by atoms with E-state index in [1.807, 2.05) is 73.0 Å². The number of aromatic nitrogens is 2. The monoisotopic (exact) mass is 813 g/mol. The number of hydrogen-bond acceptors (Lipinski definition) is 11. The Bertz CT molecular complexity index is 2290. The average molecular weight is 814 g/mol. The van der Waals surface area contributed by atoms with Crippen LogP contribution in [0.2, 0.25) is 0 Å². The number of benzene rings is 2. The minimum Gasteiger partial charge on any atom is -0.496 e. The molecule has 0 spiro atoms. The van der Waals surface area contributed by atoms with E-state index in [1.165, 1.54) is 11.3 Å². The maximum absolute atomic E-state index is 14.8. The van der Waals surface area contributed by atoms with Gasteiger partial charge in [0.05, 0.1) is 42.6 Å². The molecule has 2 fully saturated rings. The Morgan fingerprint density at radius 2 is 1.84 bits per heavy atom. The number of methoxy groups -OCH3 is 1. The maximum Gasteiger partial charge on any atom is 0.245 e. The number of ether oxygens (including phenoxy) is 2. The molecule has 0 unspecified atom stereocenters. The molecule has 2 aromatic heterocycles. The van der Waals surface area contributed by atoms with Crippen LogP contribution >= 0.6 is 11.3 Å². The van der Waals surface area contributed by atoms with E-state index in [9.17, 15) is 22.8 Å². The van der Waals surface area contributed by atoms with Crippen molar-refractivity contribution in [3.05, 3.63) is 77.3 Å². The lowest BCUT2D eigenvalue weighted by Crippen LogP contribution is -2.49. The van der Waals surface area contributed by atoms with Crippen molar-refractivity contribution >= 4 is 55.5 Å². The van der Waals surface area contributed by atoms with Crippen molar-refractivity contribution in [1.29, 1.82) is 0 Å². The number of anilines is 1. The number of Topliss-reactive ketones (excluding diaryl/α,β-unsaturated/α-hetero) is 1. The summed E-state index contributed by atoms with van der Waals surface area (Å²) in [6.07, 6.45) is 8.60. The topological polar surface area (TPSA) is 157 Å². The number of nitrogens with zero attached hydrogens (tertiary/aromatic N) is 3. The first-order valence-corrected chi connectivity index (χ1v) is 22.5. The zero-order chi connectivity index (χ0) is 40.5. The standard InChI is InChI=1S/C43H51N5O7S2/c1-26(2)34-25-56-40(46-34)33-21-38(31-18-19-37(54-4)27(3)39(31)45-33)55-30-20-35-36(49)23-43(42(51)47-57(5,52)53)22-28(43)14-10-7-6-8-13-17-32(41(50)48(35)24-30)44-29-15-11-9-12-16-29/h9-12,14-16,18-19,21,25-26,28,30,32,35,44H,6-8,13,17,20,22-24H2,1-5H3,(H,47,51)/b14-10-/t28-,30-,32+,35+,43-/m1/s1. The largest absolute Gasteiger partial charge is 0.496 e. The Hall–Kier alpha value is -4.82. The number of ketones is 1. The number of aryl methyl sites for hydroxylation is 1. The van der Waals surface area contributed by atoms with Crippen molar-refractivity contribution in [3.63, 3.8) is 0 Å². The summed E-state index contributed by atoms with van der Waals surface area (Å²) in [5.74, 6) is -0.0233. The van der Waals surface area contributed by atoms with E-state index in [0.717, 1.165) is 59.3 Å². The number of fused-ring (bicyclic) bond motifs is 3. The van der Waals surface area contributed by atoms with Gasteiger partial charge in [0, 0.05) is 40.9 Å². The third-order valence-corrected chi connectivity index (χ3v) is 12.8. The number of thiazole rings is 1. The summed E-state index contributed by atoms with van der Waals surface area (Å²) in [5.41, 5.74) is 2.72. The van der Waals surface area contributed by atoms with E-state index in [1.54, 1.807) is 12.0 Å². The van der Waals surface area contributed by atoms with E-state index < -0.39 is 39.5 Å². The van der Waals surface area contributed by atoms with Crippen LogP contribution in [-0.4, -0.2) is 79.0 Å². The van der Waals surface area contributed by atoms with Gasteiger partial charge in [0.15, 0.2) is 5.78 Å². The summed E-state index contributed by atoms with van der Waals surface area (Å²) in [6.45, 7) is 6.27. The van der Waals surface area contributed by atoms with Gasteiger partial charge >= 0.3 is 0 Å². The van der Waals surface area contributed by atoms with E-state index in [-0.39, 0.29) is 42.9 Å². The first kappa shape index (κ1) is 40.4. The highest BCUT2D eigenvalue weighted by molar-refractivity contribution is 7.89. The molecule has 3 aliphatic rings. The lowest BCUT2D eigenvalue weighted by atomic mass is 9.91. The molecule has 1 saturated heterocycles. The summed E-state index contributed by atoms with van der Waals surface area (Å²) in [7, 11) is -2.25. The van der Waals surface area contributed by atoms with Gasteiger partial charge in [-0.05, 0) is 68.7 Å². The SMILES string of the molecule is COc1ccc2c(O[C@@H]3C[C@H]4C(=O)C[C@]5(C(=O)NS(C)(=O)=O)C[C@H]5/C=C\CCCCC[C@H](Nc5ccccc5)C(=O)N4C3)cc(-c3nc(C(C)C)cs3)nc2c1C. The average Bonchev–Trinajstić information content (AvgIpc) is 3.46. The number of pyridine rings is 1. The quantitative estimate of drug-likeness (QED) is 0.166. The number of para-hydroxylation sites is 1. The number of sulfonamides is 1. The summed E-state index contributed by atoms with van der Waals surface area (Å²) in [5, 5.41) is 6.99. The first-order chi connectivity index (χ1) is 27.3. The molecule has 14 heteroatoms. The molecule has 4 aromatic rings. The lowest BCUT2D eigenvalue weighted by molar-refractivity contribution is -0.139. The molecular formula is C43H51N5O7S2. The van der Waals surface area contributed by atoms with Crippen LogP contribution in [-0.2, 0) is 24.4 Å². The molecule has 7 rings (SSSR count). The Morgan fingerprint density at radius 3 is 2.56 bits per heavy atom. The van der Waals surface area contributed by atoms with Gasteiger partial charge in [-0.3, -0.25) is 19.1 Å². The van der Waals surface area contributed by atoms with Crippen LogP contribution in [0.5, 0.6) is 11.5 Å². The molecule has 57 heavy (non-hydrogen) atoms. The van der Waals surface area contributed by atoms with Gasteiger partial charge in [0.2, 0.25) is 21.8 Å². The highest BCUT2D eigenvalue weighted by Crippen LogP contribution is 2.57. The number of hydrogen-bond donors (Lipinski definition) is 2. The van der Waals surface area contributed by atoms with Gasteiger partial charge < -0.3 is 19.7 Å². The van der Waals surface area contributed by atoms with Gasteiger partial charge in [-0.1, -0.05) is 57.0 Å². The molecule has 0 radical (unpaired) electrons. The molecular weight excluding hydrogens is 763 g/mol. The fraction of sp³-hybridized carbons (Fsp3) is 0.465. The molecule has 0 bridgehead atoms. The molecule has 2 amide bonds. The van der Waals surface area contributed by atoms with E-state index in [4.69, 9.17) is 19.4 Å². The second-order valence-electron chi connectivity index (χ2n) is 16.0. The molecule has 1 aliphatic carbocycles. The van der Waals surface area contributed by atoms with Gasteiger partial charge in [-0.15, -0.1) is 11.3 Å².